The van der Waals surface area contributed by atoms with Crippen molar-refractivity contribution < 1.29 is 27.5 Å². The predicted octanol–water partition coefficient (Wildman–Crippen LogP) is 3.87. The van der Waals surface area contributed by atoms with Crippen LogP contribution >= 0.6 is 11.3 Å². The van der Waals surface area contributed by atoms with Gasteiger partial charge < -0.3 is 20.3 Å². The summed E-state index contributed by atoms with van der Waals surface area (Å²) in [5.41, 5.74) is -0.0355. The van der Waals surface area contributed by atoms with E-state index in [1.807, 2.05) is 0 Å². The van der Waals surface area contributed by atoms with Crippen LogP contribution in [0.4, 0.5) is 18.9 Å². The molecule has 2 bridgehead atoms. The van der Waals surface area contributed by atoms with Crippen molar-refractivity contribution in [2.75, 3.05) is 25.0 Å². The zero-order valence-electron chi connectivity index (χ0n) is 15.9. The van der Waals surface area contributed by atoms with Gasteiger partial charge in [-0.2, -0.15) is 13.2 Å². The maximum Gasteiger partial charge on any atom is 0.471 e. The van der Waals surface area contributed by atoms with Crippen molar-refractivity contribution in [2.24, 2.45) is 5.92 Å². The number of carbonyl (C=O) groups is 2. The largest absolute Gasteiger partial charge is 0.471 e. The molecule has 4 heterocycles. The van der Waals surface area contributed by atoms with E-state index in [9.17, 15) is 22.8 Å². The van der Waals surface area contributed by atoms with E-state index in [-0.39, 0.29) is 23.4 Å². The van der Waals surface area contributed by atoms with Crippen molar-refractivity contribution in [1.82, 2.24) is 10.2 Å². The van der Waals surface area contributed by atoms with E-state index in [0.717, 1.165) is 43.8 Å². The Morgan fingerprint density at radius 2 is 1.90 bits per heavy atom. The number of fused-ring (bicyclic) bond motifs is 3. The standard InChI is InChI=1S/C20H20F3N3O3S/c21-20(22,23)19(28)24-13-2-1-3-14(10-13)29-17-5-4-16(30-17)18(27)25-15-11-26-8-6-12(15)7-9-26/h1-5,10,12,15H,6-9,11H2,(H,24,28)(H,25,27). The molecule has 0 saturated carbocycles. The number of ether oxygens (including phenoxy) is 1. The zero-order valence-corrected chi connectivity index (χ0v) is 16.7. The molecule has 3 aliphatic heterocycles. The number of rotatable bonds is 5. The van der Waals surface area contributed by atoms with Crippen LogP contribution < -0.4 is 15.4 Å². The second kappa shape index (κ2) is 8.27. The van der Waals surface area contributed by atoms with Gasteiger partial charge in [0.1, 0.15) is 5.75 Å². The van der Waals surface area contributed by atoms with Gasteiger partial charge in [-0.25, -0.2) is 0 Å². The first kappa shape index (κ1) is 20.7. The monoisotopic (exact) mass is 439 g/mol. The van der Waals surface area contributed by atoms with E-state index in [2.05, 4.69) is 10.2 Å². The summed E-state index contributed by atoms with van der Waals surface area (Å²) in [6.45, 7) is 3.06. The molecular weight excluding hydrogens is 419 g/mol. The molecule has 2 aromatic rings. The third-order valence-corrected chi connectivity index (χ3v) is 6.31. The molecule has 2 N–H and O–H groups in total. The van der Waals surface area contributed by atoms with E-state index in [4.69, 9.17) is 4.74 Å². The summed E-state index contributed by atoms with van der Waals surface area (Å²) in [5.74, 6) is -1.44. The van der Waals surface area contributed by atoms with Crippen LogP contribution in [0, 0.1) is 5.92 Å². The molecule has 6 nitrogen and oxygen atoms in total. The molecule has 3 aliphatic rings. The summed E-state index contributed by atoms with van der Waals surface area (Å²) in [5, 5.41) is 5.31. The quantitative estimate of drug-likeness (QED) is 0.742. The zero-order chi connectivity index (χ0) is 21.3. The third-order valence-electron chi connectivity index (χ3n) is 5.35. The summed E-state index contributed by atoms with van der Waals surface area (Å²) in [6, 6.07) is 9.09. The molecule has 0 aliphatic carbocycles. The fourth-order valence-electron chi connectivity index (χ4n) is 3.82. The Kier molecular flexibility index (Phi) is 5.70. The molecule has 30 heavy (non-hydrogen) atoms. The molecule has 0 spiro atoms. The third kappa shape index (κ3) is 4.76. The number of anilines is 1. The maximum absolute atomic E-state index is 12.6. The van der Waals surface area contributed by atoms with Crippen LogP contribution in [-0.2, 0) is 4.79 Å². The highest BCUT2D eigenvalue weighted by Crippen LogP contribution is 2.32. The maximum atomic E-state index is 12.6. The van der Waals surface area contributed by atoms with Gasteiger partial charge in [0.15, 0.2) is 5.06 Å². The number of hydrogen-bond acceptors (Lipinski definition) is 5. The van der Waals surface area contributed by atoms with E-state index in [1.54, 1.807) is 23.5 Å². The van der Waals surface area contributed by atoms with Crippen LogP contribution in [0.15, 0.2) is 36.4 Å². The van der Waals surface area contributed by atoms with Crippen molar-refractivity contribution in [3.63, 3.8) is 0 Å². The summed E-state index contributed by atoms with van der Waals surface area (Å²) >= 11 is 1.15. The van der Waals surface area contributed by atoms with E-state index in [0.29, 0.717) is 15.9 Å². The number of piperidine rings is 3. The lowest BCUT2D eigenvalue weighted by Crippen LogP contribution is -2.57. The van der Waals surface area contributed by atoms with E-state index in [1.165, 1.54) is 18.2 Å². The lowest BCUT2D eigenvalue weighted by molar-refractivity contribution is -0.167. The van der Waals surface area contributed by atoms with Gasteiger partial charge in [0.05, 0.1) is 4.88 Å². The Balaban J connectivity index is 1.37. The van der Waals surface area contributed by atoms with Gasteiger partial charge >= 0.3 is 12.1 Å². The van der Waals surface area contributed by atoms with Crippen molar-refractivity contribution >= 4 is 28.8 Å². The van der Waals surface area contributed by atoms with Crippen molar-refractivity contribution in [3.05, 3.63) is 41.3 Å². The number of benzene rings is 1. The number of alkyl halides is 3. The Morgan fingerprint density at radius 1 is 1.13 bits per heavy atom. The molecule has 3 fully saturated rings. The van der Waals surface area contributed by atoms with Crippen molar-refractivity contribution in [3.8, 4) is 10.8 Å². The first-order valence-electron chi connectivity index (χ1n) is 9.57. The number of halogens is 3. The Bertz CT molecular complexity index is 939. The van der Waals surface area contributed by atoms with E-state index >= 15 is 0 Å². The smallest absolute Gasteiger partial charge is 0.447 e. The molecule has 10 heteroatoms. The molecular formula is C20H20F3N3O3S. The first-order valence-corrected chi connectivity index (χ1v) is 10.4. The van der Waals surface area contributed by atoms with Gasteiger partial charge in [0.25, 0.3) is 5.91 Å². The Hall–Kier alpha value is -2.59. The summed E-state index contributed by atoms with van der Waals surface area (Å²) in [7, 11) is 0. The van der Waals surface area contributed by atoms with Crippen molar-refractivity contribution in [1.29, 1.82) is 0 Å². The van der Waals surface area contributed by atoms with Gasteiger partial charge in [-0.05, 0) is 56.1 Å². The van der Waals surface area contributed by atoms with Crippen LogP contribution in [0.5, 0.6) is 10.8 Å². The average Bonchev–Trinajstić information content (AvgIpc) is 3.17. The predicted molar refractivity (Wildman–Crippen MR) is 106 cm³/mol. The topological polar surface area (TPSA) is 70.7 Å². The minimum atomic E-state index is -4.97. The lowest BCUT2D eigenvalue weighted by Gasteiger charge is -2.44. The van der Waals surface area contributed by atoms with Crippen LogP contribution in [-0.4, -0.2) is 48.6 Å². The lowest BCUT2D eigenvalue weighted by atomic mass is 9.84. The minimum absolute atomic E-state index is 0.0355. The van der Waals surface area contributed by atoms with Gasteiger partial charge in [0.2, 0.25) is 0 Å². The second-order valence-electron chi connectivity index (χ2n) is 7.42. The number of hydrogen-bond donors (Lipinski definition) is 2. The highest BCUT2D eigenvalue weighted by Gasteiger charge is 2.38. The molecule has 0 radical (unpaired) electrons. The van der Waals surface area contributed by atoms with Gasteiger partial charge in [-0.1, -0.05) is 17.4 Å². The highest BCUT2D eigenvalue weighted by molar-refractivity contribution is 7.15. The highest BCUT2D eigenvalue weighted by atomic mass is 32.1. The molecule has 160 valence electrons. The number of amides is 2. The van der Waals surface area contributed by atoms with Crippen LogP contribution in [0.2, 0.25) is 0 Å². The van der Waals surface area contributed by atoms with Crippen LogP contribution in [0.25, 0.3) is 0 Å². The number of nitrogens with one attached hydrogen (secondary N) is 2. The average molecular weight is 439 g/mol. The SMILES string of the molecule is O=C(NC1CN2CCC1CC2)c1ccc(Oc2cccc(NC(=O)C(F)(F)F)c2)s1. The van der Waals surface area contributed by atoms with Crippen molar-refractivity contribution in [2.45, 2.75) is 25.1 Å². The first-order chi connectivity index (χ1) is 14.3. The van der Waals surface area contributed by atoms with Gasteiger partial charge in [-0.15, -0.1) is 0 Å². The molecule has 2 amide bonds. The fraction of sp³-hybridized carbons (Fsp3) is 0.400. The molecule has 1 aromatic carbocycles. The van der Waals surface area contributed by atoms with Gasteiger partial charge in [0, 0.05) is 24.3 Å². The van der Waals surface area contributed by atoms with Crippen LogP contribution in [0.1, 0.15) is 22.5 Å². The van der Waals surface area contributed by atoms with Gasteiger partial charge in [-0.3, -0.25) is 9.59 Å². The molecule has 1 aromatic heterocycles. The summed E-state index contributed by atoms with van der Waals surface area (Å²) < 4.78 is 42.8. The minimum Gasteiger partial charge on any atom is -0.447 e. The molecule has 1 unspecified atom stereocenters. The normalized spacial score (nSPS) is 23.1. The number of carbonyl (C=O) groups excluding carboxylic acids is 2. The van der Waals surface area contributed by atoms with E-state index < -0.39 is 12.1 Å². The number of nitrogens with zero attached hydrogens (tertiary/aromatic N) is 1. The number of thiophene rings is 1. The molecule has 5 rings (SSSR count). The fourth-order valence-corrected chi connectivity index (χ4v) is 4.60. The Morgan fingerprint density at radius 3 is 2.57 bits per heavy atom. The molecule has 1 atom stereocenters. The molecule has 3 saturated heterocycles. The summed E-state index contributed by atoms with van der Waals surface area (Å²) in [6.07, 6.45) is -2.77. The van der Waals surface area contributed by atoms with Crippen LogP contribution in [0.3, 0.4) is 0 Å². The second-order valence-corrected chi connectivity index (χ2v) is 8.46. The Labute approximate surface area is 175 Å². The summed E-state index contributed by atoms with van der Waals surface area (Å²) in [4.78, 5) is 26.5.